The highest BCUT2D eigenvalue weighted by Gasteiger charge is 2.77. The fourth-order valence-electron chi connectivity index (χ4n) is 11.8. The molecule has 7 atom stereocenters. The summed E-state index contributed by atoms with van der Waals surface area (Å²) in [5.74, 6) is 6.82. The Morgan fingerprint density at radius 1 is 0.963 bits per heavy atom. The van der Waals surface area contributed by atoms with Crippen LogP contribution >= 0.6 is 0 Å². The van der Waals surface area contributed by atoms with Gasteiger partial charge in [0.05, 0.1) is 5.92 Å². The van der Waals surface area contributed by atoms with E-state index in [1.165, 1.54) is 51.4 Å². The van der Waals surface area contributed by atoms with Gasteiger partial charge in [0.1, 0.15) is 0 Å². The third kappa shape index (κ3) is 1.60. The number of carboxylic acid groups (broad SMARTS) is 1. The van der Waals surface area contributed by atoms with Gasteiger partial charge in [-0.05, 0) is 122 Å². The molecule has 7 fully saturated rings. The lowest BCUT2D eigenvalue weighted by atomic mass is 9.35. The molecular weight excluding hydrogens is 332 g/mol. The van der Waals surface area contributed by atoms with Crippen molar-refractivity contribution in [1.29, 1.82) is 0 Å². The van der Waals surface area contributed by atoms with Gasteiger partial charge in [-0.15, -0.1) is 0 Å². The molecular formula is C25H34O2. The summed E-state index contributed by atoms with van der Waals surface area (Å²) < 4.78 is 0. The first-order chi connectivity index (χ1) is 13.1. The van der Waals surface area contributed by atoms with E-state index in [1.54, 1.807) is 0 Å². The standard InChI is InChI=1S/C25H34O2/c1-2-25(17-6-13-5-14(8-17)9-18(25)7-13)24-11-19(20(12-24)23(26)27)21-15-3-4-16(10-15)22(21)24/h3-4,13-22H,2,5-12H2,1H3,(H,26,27). The Bertz CT molecular complexity index is 709. The number of fused-ring (bicyclic) bond motifs is 10. The second-order valence-electron chi connectivity index (χ2n) is 11.9. The van der Waals surface area contributed by atoms with Crippen molar-refractivity contribution in [2.75, 3.05) is 0 Å². The van der Waals surface area contributed by atoms with Crippen LogP contribution in [0.5, 0.6) is 0 Å². The van der Waals surface area contributed by atoms with Crippen molar-refractivity contribution >= 4 is 5.97 Å². The summed E-state index contributed by atoms with van der Waals surface area (Å²) in [5, 5.41) is 10.1. The maximum atomic E-state index is 12.3. The van der Waals surface area contributed by atoms with Crippen molar-refractivity contribution in [3.8, 4) is 0 Å². The largest absolute Gasteiger partial charge is 0.481 e. The number of hydrogen-bond donors (Lipinski definition) is 1. The SMILES string of the molecule is CCC1(C23CC(C(=O)O)C(C2)C2C4C=CC(C4)C23)C2CC3CC(C2)CC1C3. The lowest BCUT2D eigenvalue weighted by Crippen LogP contribution is -2.62. The zero-order valence-electron chi connectivity index (χ0n) is 16.6. The molecule has 0 spiro atoms. The number of carbonyl (C=O) groups is 1. The van der Waals surface area contributed by atoms with Crippen LogP contribution in [0, 0.1) is 70.0 Å². The minimum atomic E-state index is -0.470. The van der Waals surface area contributed by atoms with Crippen molar-refractivity contribution in [1.82, 2.24) is 0 Å². The summed E-state index contributed by atoms with van der Waals surface area (Å²) in [5.41, 5.74) is 0.827. The predicted molar refractivity (Wildman–Crippen MR) is 104 cm³/mol. The van der Waals surface area contributed by atoms with E-state index in [2.05, 4.69) is 19.1 Å². The Hall–Kier alpha value is -0.790. The Morgan fingerprint density at radius 2 is 1.63 bits per heavy atom. The Labute approximate surface area is 163 Å². The summed E-state index contributed by atoms with van der Waals surface area (Å²) in [6.45, 7) is 2.50. The van der Waals surface area contributed by atoms with Gasteiger partial charge in [-0.1, -0.05) is 19.1 Å². The molecule has 7 saturated carbocycles. The zero-order valence-corrected chi connectivity index (χ0v) is 16.6. The first kappa shape index (κ1) is 16.1. The Morgan fingerprint density at radius 3 is 2.26 bits per heavy atom. The summed E-state index contributed by atoms with van der Waals surface area (Å²) >= 11 is 0. The van der Waals surface area contributed by atoms with Crippen molar-refractivity contribution in [2.45, 2.75) is 64.7 Å². The molecule has 2 nitrogen and oxygen atoms in total. The van der Waals surface area contributed by atoms with Gasteiger partial charge in [0, 0.05) is 0 Å². The minimum absolute atomic E-state index is 0.0420. The van der Waals surface area contributed by atoms with Gasteiger partial charge in [0.25, 0.3) is 0 Å². The van der Waals surface area contributed by atoms with Gasteiger partial charge in [0.2, 0.25) is 0 Å². The number of hydrogen-bond acceptors (Lipinski definition) is 1. The van der Waals surface area contributed by atoms with Crippen LogP contribution in [-0.4, -0.2) is 11.1 Å². The van der Waals surface area contributed by atoms with Crippen LogP contribution in [-0.2, 0) is 4.79 Å². The first-order valence-corrected chi connectivity index (χ1v) is 12.0. The second-order valence-corrected chi connectivity index (χ2v) is 11.9. The van der Waals surface area contributed by atoms with Gasteiger partial charge < -0.3 is 5.11 Å². The normalized spacial score (nSPS) is 63.9. The van der Waals surface area contributed by atoms with E-state index >= 15 is 0 Å². The van der Waals surface area contributed by atoms with Gasteiger partial charge in [-0.3, -0.25) is 4.79 Å². The van der Waals surface area contributed by atoms with Crippen LogP contribution in [0.4, 0.5) is 0 Å². The van der Waals surface area contributed by atoms with E-state index in [9.17, 15) is 9.90 Å². The average molecular weight is 367 g/mol. The van der Waals surface area contributed by atoms with Gasteiger partial charge in [0.15, 0.2) is 0 Å². The summed E-state index contributed by atoms with van der Waals surface area (Å²) in [6.07, 6.45) is 17.4. The fraction of sp³-hybridized carbons (Fsp3) is 0.880. The smallest absolute Gasteiger partial charge is 0.306 e. The Balaban J connectivity index is 1.41. The summed E-state index contributed by atoms with van der Waals surface area (Å²) in [6, 6.07) is 0. The molecule has 8 aliphatic rings. The molecule has 2 heteroatoms. The van der Waals surface area contributed by atoms with Gasteiger partial charge >= 0.3 is 5.97 Å². The molecule has 0 aliphatic heterocycles. The average Bonchev–Trinajstić information content (AvgIpc) is 3.40. The highest BCUT2D eigenvalue weighted by atomic mass is 16.4. The van der Waals surface area contributed by atoms with E-state index in [4.69, 9.17) is 0 Å². The molecule has 8 rings (SSSR count). The van der Waals surface area contributed by atoms with E-state index in [-0.39, 0.29) is 5.92 Å². The maximum absolute atomic E-state index is 12.3. The molecule has 7 unspecified atom stereocenters. The van der Waals surface area contributed by atoms with Crippen LogP contribution in [0.15, 0.2) is 12.2 Å². The predicted octanol–water partition coefficient (Wildman–Crippen LogP) is 5.39. The van der Waals surface area contributed by atoms with Crippen LogP contribution in [0.3, 0.4) is 0 Å². The van der Waals surface area contributed by atoms with Crippen molar-refractivity contribution in [2.24, 2.45) is 70.0 Å². The summed E-state index contributed by atoms with van der Waals surface area (Å²) in [4.78, 5) is 12.3. The molecule has 8 bridgehead atoms. The van der Waals surface area contributed by atoms with Crippen molar-refractivity contribution in [3.63, 3.8) is 0 Å². The van der Waals surface area contributed by atoms with Gasteiger partial charge in [-0.2, -0.15) is 0 Å². The highest BCUT2D eigenvalue weighted by molar-refractivity contribution is 5.71. The molecule has 0 radical (unpaired) electrons. The lowest BCUT2D eigenvalue weighted by molar-refractivity contribution is -0.204. The van der Waals surface area contributed by atoms with E-state index in [0.29, 0.717) is 28.6 Å². The third-order valence-electron chi connectivity index (χ3n) is 11.8. The van der Waals surface area contributed by atoms with Crippen molar-refractivity contribution < 1.29 is 9.90 Å². The molecule has 0 aromatic carbocycles. The summed E-state index contributed by atoms with van der Waals surface area (Å²) in [7, 11) is 0. The molecule has 0 saturated heterocycles. The van der Waals surface area contributed by atoms with Gasteiger partial charge in [-0.25, -0.2) is 0 Å². The molecule has 8 aliphatic carbocycles. The number of rotatable bonds is 3. The molecule has 0 aromatic rings. The van der Waals surface area contributed by atoms with E-state index in [0.717, 1.165) is 41.9 Å². The van der Waals surface area contributed by atoms with E-state index < -0.39 is 5.97 Å². The molecule has 0 aromatic heterocycles. The minimum Gasteiger partial charge on any atom is -0.481 e. The van der Waals surface area contributed by atoms with Crippen LogP contribution in [0.1, 0.15) is 64.7 Å². The van der Waals surface area contributed by atoms with Crippen LogP contribution < -0.4 is 0 Å². The van der Waals surface area contributed by atoms with Crippen molar-refractivity contribution in [3.05, 3.63) is 12.2 Å². The topological polar surface area (TPSA) is 37.3 Å². The monoisotopic (exact) mass is 366 g/mol. The van der Waals surface area contributed by atoms with E-state index in [1.807, 2.05) is 0 Å². The Kier molecular flexibility index (Phi) is 2.88. The first-order valence-electron chi connectivity index (χ1n) is 12.0. The van der Waals surface area contributed by atoms with Crippen LogP contribution in [0.2, 0.25) is 0 Å². The zero-order chi connectivity index (χ0) is 18.1. The second kappa shape index (κ2) is 4.85. The highest BCUT2D eigenvalue weighted by Crippen LogP contribution is 2.82. The number of allylic oxidation sites excluding steroid dienone is 2. The van der Waals surface area contributed by atoms with Crippen LogP contribution in [0.25, 0.3) is 0 Å². The molecule has 0 amide bonds. The third-order valence-corrected chi connectivity index (χ3v) is 11.8. The number of carboxylic acids is 1. The quantitative estimate of drug-likeness (QED) is 0.537. The molecule has 0 heterocycles. The molecule has 146 valence electrons. The fourth-order valence-corrected chi connectivity index (χ4v) is 11.8. The number of aliphatic carboxylic acids is 1. The maximum Gasteiger partial charge on any atom is 0.306 e. The lowest BCUT2D eigenvalue weighted by Gasteiger charge is -2.69. The molecule has 1 N–H and O–H groups in total. The molecule has 27 heavy (non-hydrogen) atoms.